The Morgan fingerprint density at radius 1 is 1.53 bits per heavy atom. The van der Waals surface area contributed by atoms with Crippen molar-refractivity contribution in [2.24, 2.45) is 5.41 Å². The molecule has 1 saturated heterocycles. The predicted molar refractivity (Wildman–Crippen MR) is 54.8 cm³/mol. The molecule has 1 aliphatic heterocycles. The normalized spacial score (nSPS) is 27.9. The third-order valence-electron chi connectivity index (χ3n) is 2.67. The molecule has 0 aromatic rings. The van der Waals surface area contributed by atoms with Crippen LogP contribution in [0.3, 0.4) is 0 Å². The molecule has 0 saturated carbocycles. The second-order valence-electron chi connectivity index (χ2n) is 4.88. The van der Waals surface area contributed by atoms with Gasteiger partial charge in [0.1, 0.15) is 6.10 Å². The largest absolute Gasteiger partial charge is 0.465 e. The van der Waals surface area contributed by atoms with Crippen LogP contribution in [0.2, 0.25) is 0 Å². The van der Waals surface area contributed by atoms with Crippen molar-refractivity contribution in [1.29, 1.82) is 0 Å². The van der Waals surface area contributed by atoms with Gasteiger partial charge in [-0.3, -0.25) is 4.90 Å². The summed E-state index contributed by atoms with van der Waals surface area (Å²) in [6, 6.07) is -0.297. The lowest BCUT2D eigenvalue weighted by atomic mass is 9.81. The molecule has 1 heterocycles. The van der Waals surface area contributed by atoms with Crippen LogP contribution in [0, 0.1) is 5.41 Å². The van der Waals surface area contributed by atoms with Crippen LogP contribution in [0.15, 0.2) is 0 Å². The van der Waals surface area contributed by atoms with E-state index in [1.165, 1.54) is 4.90 Å². The molecule has 88 valence electrons. The van der Waals surface area contributed by atoms with E-state index in [9.17, 15) is 9.90 Å². The van der Waals surface area contributed by atoms with Gasteiger partial charge >= 0.3 is 6.09 Å². The number of aliphatic hydroxyl groups is 1. The number of amides is 1. The second-order valence-corrected chi connectivity index (χ2v) is 4.88. The van der Waals surface area contributed by atoms with Gasteiger partial charge in [0.25, 0.3) is 0 Å². The molecule has 0 aromatic heterocycles. The molecule has 0 aliphatic carbocycles. The number of aliphatic hydroxyl groups excluding tert-OH is 1. The topological polar surface area (TPSA) is 70.0 Å². The summed E-state index contributed by atoms with van der Waals surface area (Å²) in [6.07, 6.45) is -1.37. The Labute approximate surface area is 89.6 Å². The van der Waals surface area contributed by atoms with Crippen LogP contribution in [-0.4, -0.2) is 53.1 Å². The van der Waals surface area contributed by atoms with Crippen LogP contribution in [0.5, 0.6) is 0 Å². The van der Waals surface area contributed by atoms with Crippen LogP contribution in [0.4, 0.5) is 4.79 Å². The van der Waals surface area contributed by atoms with Crippen molar-refractivity contribution >= 4 is 6.09 Å². The van der Waals surface area contributed by atoms with Gasteiger partial charge in [-0.25, -0.2) is 4.79 Å². The molecule has 15 heavy (non-hydrogen) atoms. The van der Waals surface area contributed by atoms with Crippen molar-refractivity contribution in [2.45, 2.75) is 32.9 Å². The van der Waals surface area contributed by atoms with Crippen LogP contribution in [0.25, 0.3) is 0 Å². The number of rotatable bonds is 1. The first-order valence-electron chi connectivity index (χ1n) is 5.10. The summed E-state index contributed by atoms with van der Waals surface area (Å²) >= 11 is 0. The van der Waals surface area contributed by atoms with Crippen LogP contribution in [-0.2, 0) is 4.74 Å². The van der Waals surface area contributed by atoms with Crippen molar-refractivity contribution < 1.29 is 19.7 Å². The summed E-state index contributed by atoms with van der Waals surface area (Å²) < 4.78 is 5.39. The minimum atomic E-state index is -0.948. The average molecular weight is 217 g/mol. The lowest BCUT2D eigenvalue weighted by Crippen LogP contribution is -2.59. The van der Waals surface area contributed by atoms with Crippen molar-refractivity contribution in [1.82, 2.24) is 4.90 Å². The van der Waals surface area contributed by atoms with Crippen molar-refractivity contribution in [3.8, 4) is 0 Å². The van der Waals surface area contributed by atoms with Gasteiger partial charge in [0, 0.05) is 6.54 Å². The van der Waals surface area contributed by atoms with E-state index in [1.54, 1.807) is 0 Å². The first-order valence-corrected chi connectivity index (χ1v) is 5.10. The molecule has 2 unspecified atom stereocenters. The zero-order valence-corrected chi connectivity index (χ0v) is 9.43. The highest BCUT2D eigenvalue weighted by molar-refractivity contribution is 5.65. The number of hydrogen-bond donors (Lipinski definition) is 2. The van der Waals surface area contributed by atoms with E-state index in [1.807, 2.05) is 20.8 Å². The standard InChI is InChI=1S/C10H19NO4/c1-10(2,3)8-7(6-12)15-5-4-11(8)9(13)14/h7-8,12H,4-6H2,1-3H3,(H,13,14). The molecule has 0 bridgehead atoms. The molecule has 2 N–H and O–H groups in total. The zero-order chi connectivity index (χ0) is 11.6. The second kappa shape index (κ2) is 4.37. The minimum Gasteiger partial charge on any atom is -0.465 e. The SMILES string of the molecule is CC(C)(C)C1C(CO)OCCN1C(=O)O. The quantitative estimate of drug-likeness (QED) is 0.680. The molecule has 5 heteroatoms. The lowest BCUT2D eigenvalue weighted by Gasteiger charge is -2.45. The molecule has 5 nitrogen and oxygen atoms in total. The average Bonchev–Trinajstić information content (AvgIpc) is 2.15. The predicted octanol–water partition coefficient (Wildman–Crippen LogP) is 0.772. The van der Waals surface area contributed by atoms with E-state index >= 15 is 0 Å². The highest BCUT2D eigenvalue weighted by Crippen LogP contribution is 2.30. The number of morpholine rings is 1. The van der Waals surface area contributed by atoms with Crippen LogP contribution in [0.1, 0.15) is 20.8 Å². The molecular weight excluding hydrogens is 198 g/mol. The van der Waals surface area contributed by atoms with Gasteiger partial charge in [0.05, 0.1) is 19.3 Å². The van der Waals surface area contributed by atoms with Crippen molar-refractivity contribution in [3.05, 3.63) is 0 Å². The summed E-state index contributed by atoms with van der Waals surface area (Å²) in [5, 5.41) is 18.3. The molecule has 1 fully saturated rings. The highest BCUT2D eigenvalue weighted by atomic mass is 16.5. The molecule has 2 atom stereocenters. The summed E-state index contributed by atoms with van der Waals surface area (Å²) in [5.41, 5.74) is -0.244. The highest BCUT2D eigenvalue weighted by Gasteiger charge is 2.42. The first kappa shape index (κ1) is 12.3. The Hall–Kier alpha value is -0.810. The minimum absolute atomic E-state index is 0.147. The van der Waals surface area contributed by atoms with Crippen molar-refractivity contribution in [3.63, 3.8) is 0 Å². The Balaban J connectivity index is 2.91. The van der Waals surface area contributed by atoms with E-state index < -0.39 is 12.2 Å². The molecule has 1 rings (SSSR count). The van der Waals surface area contributed by atoms with Gasteiger partial charge in [-0.2, -0.15) is 0 Å². The summed E-state index contributed by atoms with van der Waals surface area (Å²) in [5.74, 6) is 0. The number of carbonyl (C=O) groups is 1. The van der Waals surface area contributed by atoms with Crippen molar-refractivity contribution in [2.75, 3.05) is 19.8 Å². The van der Waals surface area contributed by atoms with Gasteiger partial charge in [0.2, 0.25) is 0 Å². The summed E-state index contributed by atoms with van der Waals surface area (Å²) in [6.45, 7) is 6.42. The Morgan fingerprint density at radius 3 is 2.53 bits per heavy atom. The van der Waals surface area contributed by atoms with E-state index in [0.717, 1.165) is 0 Å². The molecule has 1 aliphatic rings. The fourth-order valence-corrected chi connectivity index (χ4v) is 2.13. The number of nitrogens with zero attached hydrogens (tertiary/aromatic N) is 1. The zero-order valence-electron chi connectivity index (χ0n) is 9.43. The molecular formula is C10H19NO4. The number of carboxylic acid groups (broad SMARTS) is 1. The Bertz CT molecular complexity index is 236. The van der Waals surface area contributed by atoms with E-state index in [0.29, 0.717) is 13.2 Å². The molecule has 1 amide bonds. The first-order chi connectivity index (χ1) is 6.88. The van der Waals surface area contributed by atoms with Gasteiger partial charge in [-0.15, -0.1) is 0 Å². The van der Waals surface area contributed by atoms with Crippen LogP contribution < -0.4 is 0 Å². The maximum Gasteiger partial charge on any atom is 0.407 e. The van der Waals surface area contributed by atoms with Crippen LogP contribution >= 0.6 is 0 Å². The monoisotopic (exact) mass is 217 g/mol. The van der Waals surface area contributed by atoms with Gasteiger partial charge in [-0.05, 0) is 5.41 Å². The fraction of sp³-hybridized carbons (Fsp3) is 0.900. The summed E-state index contributed by atoms with van der Waals surface area (Å²) in [7, 11) is 0. The van der Waals surface area contributed by atoms with Gasteiger partial charge in [0.15, 0.2) is 0 Å². The fourth-order valence-electron chi connectivity index (χ4n) is 2.13. The Morgan fingerprint density at radius 2 is 2.13 bits per heavy atom. The van der Waals surface area contributed by atoms with E-state index in [-0.39, 0.29) is 18.1 Å². The lowest BCUT2D eigenvalue weighted by molar-refractivity contribution is -0.111. The third kappa shape index (κ3) is 2.60. The maximum absolute atomic E-state index is 11.1. The van der Waals surface area contributed by atoms with Gasteiger partial charge in [-0.1, -0.05) is 20.8 Å². The molecule has 0 aromatic carbocycles. The molecule has 0 radical (unpaired) electrons. The smallest absolute Gasteiger partial charge is 0.407 e. The van der Waals surface area contributed by atoms with Gasteiger partial charge < -0.3 is 14.9 Å². The molecule has 0 spiro atoms. The number of hydrogen-bond acceptors (Lipinski definition) is 3. The summed E-state index contributed by atoms with van der Waals surface area (Å²) in [4.78, 5) is 12.4. The van der Waals surface area contributed by atoms with E-state index in [2.05, 4.69) is 0 Å². The number of ether oxygens (including phenoxy) is 1. The third-order valence-corrected chi connectivity index (χ3v) is 2.67. The van der Waals surface area contributed by atoms with E-state index in [4.69, 9.17) is 9.84 Å². The maximum atomic E-state index is 11.1. The Kier molecular flexibility index (Phi) is 3.57.